The van der Waals surface area contributed by atoms with Gasteiger partial charge in [-0.3, -0.25) is 0 Å². The van der Waals surface area contributed by atoms with Gasteiger partial charge in [0.05, 0.1) is 17.1 Å². The largest absolute Gasteiger partial charge is 0.353 e. The van der Waals surface area contributed by atoms with E-state index in [1.54, 1.807) is 0 Å². The van der Waals surface area contributed by atoms with E-state index < -0.39 is 0 Å². The fourth-order valence-corrected chi connectivity index (χ4v) is 4.17. The molecule has 1 N–H and O–H groups in total. The average Bonchev–Trinajstić information content (AvgIpc) is 2.79. The molecule has 2 aliphatic heterocycles. The molecule has 0 bridgehead atoms. The van der Waals surface area contributed by atoms with Gasteiger partial charge >= 0.3 is 0 Å². The zero-order chi connectivity index (χ0) is 17.4. The summed E-state index contributed by atoms with van der Waals surface area (Å²) >= 11 is 8.61. The highest BCUT2D eigenvalue weighted by atomic mass is 127. The van der Waals surface area contributed by atoms with Gasteiger partial charge in [0, 0.05) is 40.3 Å². The molecular formula is C19H20ClIN4. The highest BCUT2D eigenvalue weighted by molar-refractivity contribution is 14.1. The fraction of sp³-hybridized carbons (Fsp3) is 0.316. The first-order valence-electron chi connectivity index (χ1n) is 8.57. The summed E-state index contributed by atoms with van der Waals surface area (Å²) < 4.78 is 1.19. The number of fused-ring (bicyclic) bond motifs is 2. The van der Waals surface area contributed by atoms with Crippen molar-refractivity contribution < 1.29 is 0 Å². The Morgan fingerprint density at radius 2 is 1.96 bits per heavy atom. The van der Waals surface area contributed by atoms with Gasteiger partial charge < -0.3 is 15.1 Å². The molecule has 0 unspecified atom stereocenters. The number of nitrogens with zero attached hydrogens (tertiary/aromatic N) is 3. The van der Waals surface area contributed by atoms with Gasteiger partial charge in [0.1, 0.15) is 5.84 Å². The van der Waals surface area contributed by atoms with E-state index >= 15 is 0 Å². The summed E-state index contributed by atoms with van der Waals surface area (Å²) in [6.07, 6.45) is 0. The molecule has 0 saturated carbocycles. The Labute approximate surface area is 167 Å². The third kappa shape index (κ3) is 3.37. The van der Waals surface area contributed by atoms with Crippen LogP contribution in [0.15, 0.2) is 41.4 Å². The zero-order valence-electron chi connectivity index (χ0n) is 14.1. The van der Waals surface area contributed by atoms with Crippen LogP contribution in [0.2, 0.25) is 5.02 Å². The Kier molecular flexibility index (Phi) is 4.88. The van der Waals surface area contributed by atoms with Crippen molar-refractivity contribution in [3.8, 4) is 0 Å². The number of amidine groups is 1. The molecular weight excluding hydrogens is 447 g/mol. The molecule has 1 fully saturated rings. The molecule has 2 aromatic carbocycles. The summed E-state index contributed by atoms with van der Waals surface area (Å²) in [7, 11) is 0. The van der Waals surface area contributed by atoms with Crippen LogP contribution < -0.4 is 5.32 Å². The summed E-state index contributed by atoms with van der Waals surface area (Å²) in [4.78, 5) is 9.91. The van der Waals surface area contributed by atoms with Crippen molar-refractivity contribution in [2.24, 2.45) is 4.99 Å². The first kappa shape index (κ1) is 17.1. The number of likely N-dealkylation sites (N-methyl/N-ethyl adjacent to an activating group) is 1. The van der Waals surface area contributed by atoms with E-state index in [0.29, 0.717) is 5.02 Å². The van der Waals surface area contributed by atoms with Gasteiger partial charge in [-0.1, -0.05) is 24.6 Å². The maximum atomic E-state index is 6.23. The van der Waals surface area contributed by atoms with E-state index in [2.05, 4.69) is 62.8 Å². The second-order valence-electron chi connectivity index (χ2n) is 6.31. The molecule has 0 amide bonds. The van der Waals surface area contributed by atoms with Crippen LogP contribution in [0.3, 0.4) is 0 Å². The summed E-state index contributed by atoms with van der Waals surface area (Å²) in [5.41, 5.74) is 4.18. The van der Waals surface area contributed by atoms with Crippen LogP contribution in [-0.2, 0) is 0 Å². The van der Waals surface area contributed by atoms with Crippen molar-refractivity contribution in [1.29, 1.82) is 0 Å². The fourth-order valence-electron chi connectivity index (χ4n) is 3.37. The Balaban J connectivity index is 1.81. The van der Waals surface area contributed by atoms with Gasteiger partial charge in [-0.25, -0.2) is 4.99 Å². The first-order valence-corrected chi connectivity index (χ1v) is 10.0. The van der Waals surface area contributed by atoms with Crippen molar-refractivity contribution in [2.75, 3.05) is 38.0 Å². The van der Waals surface area contributed by atoms with Crippen molar-refractivity contribution in [2.45, 2.75) is 6.92 Å². The van der Waals surface area contributed by atoms with Crippen molar-refractivity contribution in [1.82, 2.24) is 9.80 Å². The van der Waals surface area contributed by atoms with Crippen LogP contribution in [0.4, 0.5) is 17.1 Å². The maximum absolute atomic E-state index is 6.23. The van der Waals surface area contributed by atoms with E-state index in [9.17, 15) is 0 Å². The predicted octanol–water partition coefficient (Wildman–Crippen LogP) is 4.72. The molecule has 2 aliphatic rings. The molecule has 130 valence electrons. The molecule has 4 rings (SSSR count). The summed E-state index contributed by atoms with van der Waals surface area (Å²) in [6.45, 7) is 7.46. The number of para-hydroxylation sites is 1. The lowest BCUT2D eigenvalue weighted by Crippen LogP contribution is -2.48. The van der Waals surface area contributed by atoms with Crippen LogP contribution in [0.25, 0.3) is 0 Å². The number of rotatable bonds is 1. The normalized spacial score (nSPS) is 17.2. The van der Waals surface area contributed by atoms with Crippen molar-refractivity contribution in [3.63, 3.8) is 0 Å². The maximum Gasteiger partial charge on any atom is 0.138 e. The Morgan fingerprint density at radius 1 is 1.16 bits per heavy atom. The molecule has 6 heteroatoms. The topological polar surface area (TPSA) is 30.9 Å². The van der Waals surface area contributed by atoms with Crippen molar-refractivity contribution in [3.05, 3.63) is 50.6 Å². The van der Waals surface area contributed by atoms with E-state index in [1.807, 2.05) is 18.2 Å². The summed E-state index contributed by atoms with van der Waals surface area (Å²) in [5.74, 6) is 1.04. The molecule has 0 radical (unpaired) electrons. The molecule has 0 atom stereocenters. The number of halogens is 2. The lowest BCUT2D eigenvalue weighted by molar-refractivity contribution is 0.190. The van der Waals surface area contributed by atoms with E-state index in [4.69, 9.17) is 16.6 Å². The molecule has 25 heavy (non-hydrogen) atoms. The lowest BCUT2D eigenvalue weighted by atomic mass is 10.1. The third-order valence-corrected chi connectivity index (χ3v) is 5.95. The molecule has 2 heterocycles. The molecule has 1 saturated heterocycles. The second kappa shape index (κ2) is 7.13. The van der Waals surface area contributed by atoms with Gasteiger partial charge in [-0.05, 0) is 59.5 Å². The van der Waals surface area contributed by atoms with Gasteiger partial charge in [-0.15, -0.1) is 0 Å². The minimum Gasteiger partial charge on any atom is -0.353 e. The SMILES string of the molecule is CCN1CCN(C2=Nc3cc(Cl)ccc3Nc3c(I)cccc32)CC1. The summed E-state index contributed by atoms with van der Waals surface area (Å²) in [5, 5.41) is 4.28. The molecule has 0 aromatic heterocycles. The lowest BCUT2D eigenvalue weighted by Gasteiger charge is -2.36. The molecule has 2 aromatic rings. The number of hydrogen-bond donors (Lipinski definition) is 1. The number of benzene rings is 2. The van der Waals surface area contributed by atoms with Crippen LogP contribution in [0.5, 0.6) is 0 Å². The number of anilines is 2. The predicted molar refractivity (Wildman–Crippen MR) is 114 cm³/mol. The standard InChI is InChI=1S/C19H20ClIN4/c1-2-24-8-10-25(11-9-24)19-14-4-3-5-15(21)18(14)22-16-7-6-13(20)12-17(16)23-19/h3-7,12,22H,2,8-11H2,1H3. The minimum absolute atomic E-state index is 0.708. The van der Waals surface area contributed by atoms with E-state index in [1.165, 1.54) is 3.57 Å². The van der Waals surface area contributed by atoms with E-state index in [-0.39, 0.29) is 0 Å². The van der Waals surface area contributed by atoms with E-state index in [0.717, 1.165) is 61.2 Å². The zero-order valence-corrected chi connectivity index (χ0v) is 17.0. The minimum atomic E-state index is 0.708. The highest BCUT2D eigenvalue weighted by Gasteiger charge is 2.25. The first-order chi connectivity index (χ1) is 12.2. The van der Waals surface area contributed by atoms with Crippen molar-refractivity contribution >= 4 is 57.1 Å². The van der Waals surface area contributed by atoms with Gasteiger partial charge in [-0.2, -0.15) is 0 Å². The molecule has 0 aliphatic carbocycles. The van der Waals surface area contributed by atoms with Gasteiger partial charge in [0.25, 0.3) is 0 Å². The van der Waals surface area contributed by atoms with Crippen LogP contribution in [-0.4, -0.2) is 48.4 Å². The highest BCUT2D eigenvalue weighted by Crippen LogP contribution is 2.38. The third-order valence-electron chi connectivity index (χ3n) is 4.82. The summed E-state index contributed by atoms with van der Waals surface area (Å²) in [6, 6.07) is 12.2. The van der Waals surface area contributed by atoms with Gasteiger partial charge in [0.15, 0.2) is 0 Å². The number of piperazine rings is 1. The number of aliphatic imine (C=N–C) groups is 1. The number of hydrogen-bond acceptors (Lipinski definition) is 4. The van der Waals surface area contributed by atoms with Crippen LogP contribution in [0.1, 0.15) is 12.5 Å². The Bertz CT molecular complexity index is 828. The monoisotopic (exact) mass is 466 g/mol. The smallest absolute Gasteiger partial charge is 0.138 e. The molecule has 4 nitrogen and oxygen atoms in total. The Morgan fingerprint density at radius 3 is 2.72 bits per heavy atom. The Hall–Kier alpha value is -1.31. The van der Waals surface area contributed by atoms with Crippen LogP contribution in [0, 0.1) is 3.57 Å². The second-order valence-corrected chi connectivity index (χ2v) is 7.90. The number of nitrogens with one attached hydrogen (secondary N) is 1. The average molecular weight is 467 g/mol. The quantitative estimate of drug-likeness (QED) is 0.617. The molecule has 0 spiro atoms. The van der Waals surface area contributed by atoms with Crippen LogP contribution >= 0.6 is 34.2 Å². The van der Waals surface area contributed by atoms with Gasteiger partial charge in [0.2, 0.25) is 0 Å².